The molecule has 0 aliphatic carbocycles. The highest BCUT2D eigenvalue weighted by Crippen LogP contribution is 2.34. The number of amides is 1. The van der Waals surface area contributed by atoms with Crippen molar-refractivity contribution < 1.29 is 31.1 Å². The van der Waals surface area contributed by atoms with Gasteiger partial charge in [-0.3, -0.25) is 4.79 Å². The van der Waals surface area contributed by atoms with Gasteiger partial charge in [-0.15, -0.1) is 10.2 Å². The summed E-state index contributed by atoms with van der Waals surface area (Å²) in [6.07, 6.45) is -9.32. The normalized spacial score (nSPS) is 12.3. The van der Waals surface area contributed by atoms with E-state index in [2.05, 4.69) is 15.5 Å². The SMILES string of the molecule is Cn1c(SCC(=O)Nc2cc(C(F)(F)F)ccc2Cl)nnc1C(F)(F)F. The Balaban J connectivity index is 2.05. The lowest BCUT2D eigenvalue weighted by Gasteiger charge is -2.11. The zero-order valence-corrected chi connectivity index (χ0v) is 14.3. The zero-order chi connectivity index (χ0) is 19.7. The third-order valence-electron chi connectivity index (χ3n) is 2.99. The summed E-state index contributed by atoms with van der Waals surface area (Å²) < 4.78 is 76.5. The van der Waals surface area contributed by atoms with Crippen molar-refractivity contribution >= 4 is 35.0 Å². The Bertz CT molecular complexity index is 820. The van der Waals surface area contributed by atoms with Crippen LogP contribution in [0.4, 0.5) is 32.0 Å². The predicted molar refractivity (Wildman–Crippen MR) is 81.8 cm³/mol. The van der Waals surface area contributed by atoms with E-state index in [9.17, 15) is 31.1 Å². The van der Waals surface area contributed by atoms with Crippen LogP contribution in [0.5, 0.6) is 0 Å². The number of aromatic nitrogens is 3. The van der Waals surface area contributed by atoms with E-state index in [1.807, 2.05) is 0 Å². The predicted octanol–water partition coefficient (Wildman–Crippen LogP) is 4.24. The van der Waals surface area contributed by atoms with Crippen LogP contribution in [0.15, 0.2) is 23.4 Å². The summed E-state index contributed by atoms with van der Waals surface area (Å²) in [6, 6.07) is 2.39. The first-order valence-electron chi connectivity index (χ1n) is 6.65. The Kier molecular flexibility index (Phi) is 5.76. The van der Waals surface area contributed by atoms with Crippen molar-refractivity contribution in [2.75, 3.05) is 11.1 Å². The number of thioether (sulfide) groups is 1. The monoisotopic (exact) mass is 418 g/mol. The summed E-state index contributed by atoms with van der Waals surface area (Å²) in [4.78, 5) is 11.9. The van der Waals surface area contributed by atoms with Crippen molar-refractivity contribution in [2.24, 2.45) is 7.05 Å². The Morgan fingerprint density at radius 2 is 1.85 bits per heavy atom. The van der Waals surface area contributed by atoms with Gasteiger partial charge in [0.1, 0.15) is 0 Å². The molecule has 142 valence electrons. The number of alkyl halides is 6. The number of benzene rings is 1. The van der Waals surface area contributed by atoms with Crippen LogP contribution in [0.1, 0.15) is 11.4 Å². The smallest absolute Gasteiger partial charge is 0.324 e. The van der Waals surface area contributed by atoms with Gasteiger partial charge >= 0.3 is 12.4 Å². The first-order valence-corrected chi connectivity index (χ1v) is 8.02. The fourth-order valence-corrected chi connectivity index (χ4v) is 2.68. The second kappa shape index (κ2) is 7.35. The van der Waals surface area contributed by atoms with Crippen LogP contribution in [0.3, 0.4) is 0 Å². The van der Waals surface area contributed by atoms with E-state index in [4.69, 9.17) is 11.6 Å². The van der Waals surface area contributed by atoms with E-state index in [1.165, 1.54) is 0 Å². The van der Waals surface area contributed by atoms with Crippen LogP contribution in [0.2, 0.25) is 5.02 Å². The molecule has 0 fully saturated rings. The largest absolute Gasteiger partial charge is 0.451 e. The quantitative estimate of drug-likeness (QED) is 0.596. The molecule has 0 aliphatic rings. The minimum atomic E-state index is -4.70. The highest BCUT2D eigenvalue weighted by molar-refractivity contribution is 7.99. The van der Waals surface area contributed by atoms with Crippen LogP contribution < -0.4 is 5.32 Å². The first kappa shape index (κ1) is 20.4. The minimum Gasteiger partial charge on any atom is -0.324 e. The third-order valence-corrected chi connectivity index (χ3v) is 4.34. The van der Waals surface area contributed by atoms with Crippen molar-refractivity contribution in [1.29, 1.82) is 0 Å². The van der Waals surface area contributed by atoms with Crippen molar-refractivity contribution in [3.05, 3.63) is 34.6 Å². The number of carbonyl (C=O) groups excluding carboxylic acids is 1. The zero-order valence-electron chi connectivity index (χ0n) is 12.7. The third kappa shape index (κ3) is 4.81. The highest BCUT2D eigenvalue weighted by atomic mass is 35.5. The summed E-state index contributed by atoms with van der Waals surface area (Å²) in [6.45, 7) is 0. The molecule has 0 bridgehead atoms. The molecule has 5 nitrogen and oxygen atoms in total. The average molecular weight is 419 g/mol. The molecule has 0 spiro atoms. The van der Waals surface area contributed by atoms with Gasteiger partial charge in [0.05, 0.1) is 22.0 Å². The fourth-order valence-electron chi connectivity index (χ4n) is 1.80. The van der Waals surface area contributed by atoms with E-state index in [0.29, 0.717) is 22.4 Å². The number of rotatable bonds is 4. The number of anilines is 1. The van der Waals surface area contributed by atoms with Gasteiger partial charge < -0.3 is 9.88 Å². The van der Waals surface area contributed by atoms with E-state index >= 15 is 0 Å². The summed E-state index contributed by atoms with van der Waals surface area (Å²) in [5.41, 5.74) is -1.27. The number of carbonyl (C=O) groups is 1. The molecule has 1 aromatic heterocycles. The van der Waals surface area contributed by atoms with E-state index in [-0.39, 0.29) is 15.9 Å². The maximum atomic E-state index is 12.7. The average Bonchev–Trinajstić information content (AvgIpc) is 2.87. The summed E-state index contributed by atoms with van der Waals surface area (Å²) in [5.74, 6) is -2.41. The van der Waals surface area contributed by atoms with Gasteiger partial charge in [-0.05, 0) is 18.2 Å². The standard InChI is InChI=1S/C13H9ClF6N4OS/c1-24-10(13(18,19)20)22-23-11(24)26-5-9(25)21-8-4-6(12(15,16)17)2-3-7(8)14/h2-4H,5H2,1H3,(H,21,25). The molecular formula is C13H9ClF6N4OS. The summed E-state index contributed by atoms with van der Waals surface area (Å²) in [7, 11) is 1.08. The Hall–Kier alpha value is -1.95. The highest BCUT2D eigenvalue weighted by Gasteiger charge is 2.37. The topological polar surface area (TPSA) is 59.8 Å². The molecule has 1 aromatic carbocycles. The molecule has 1 amide bonds. The Morgan fingerprint density at radius 3 is 2.38 bits per heavy atom. The molecule has 2 aromatic rings. The Morgan fingerprint density at radius 1 is 1.19 bits per heavy atom. The van der Waals surface area contributed by atoms with Crippen molar-refractivity contribution in [3.8, 4) is 0 Å². The first-order chi connectivity index (χ1) is 11.9. The number of nitrogens with one attached hydrogen (secondary N) is 1. The number of nitrogens with zero attached hydrogens (tertiary/aromatic N) is 3. The van der Waals surface area contributed by atoms with Gasteiger partial charge in [-0.1, -0.05) is 23.4 Å². The number of hydrogen-bond acceptors (Lipinski definition) is 4. The van der Waals surface area contributed by atoms with E-state index < -0.39 is 35.4 Å². The van der Waals surface area contributed by atoms with Crippen LogP contribution in [0, 0.1) is 0 Å². The van der Waals surface area contributed by atoms with E-state index in [0.717, 1.165) is 19.2 Å². The summed E-state index contributed by atoms with van der Waals surface area (Å²) in [5, 5.41) is 8.20. The van der Waals surface area contributed by atoms with Gasteiger partial charge in [0.2, 0.25) is 11.7 Å². The molecular weight excluding hydrogens is 410 g/mol. The van der Waals surface area contributed by atoms with Gasteiger partial charge in [0.15, 0.2) is 5.16 Å². The second-order valence-electron chi connectivity index (χ2n) is 4.89. The lowest BCUT2D eigenvalue weighted by molar-refractivity contribution is -0.147. The molecule has 0 saturated carbocycles. The number of hydrogen-bond donors (Lipinski definition) is 1. The molecule has 0 saturated heterocycles. The van der Waals surface area contributed by atoms with Crippen molar-refractivity contribution in [1.82, 2.24) is 14.8 Å². The van der Waals surface area contributed by atoms with Gasteiger partial charge in [0, 0.05) is 7.05 Å². The van der Waals surface area contributed by atoms with Crippen LogP contribution in [0.25, 0.3) is 0 Å². The molecule has 26 heavy (non-hydrogen) atoms. The molecule has 0 aliphatic heterocycles. The molecule has 13 heteroatoms. The van der Waals surface area contributed by atoms with Gasteiger partial charge in [0.25, 0.3) is 0 Å². The second-order valence-corrected chi connectivity index (χ2v) is 6.24. The lowest BCUT2D eigenvalue weighted by atomic mass is 10.2. The molecule has 2 rings (SSSR count). The Labute approximate surface area is 151 Å². The molecule has 0 atom stereocenters. The van der Waals surface area contributed by atoms with Crippen LogP contribution in [-0.2, 0) is 24.2 Å². The minimum absolute atomic E-state index is 0.116. The lowest BCUT2D eigenvalue weighted by Crippen LogP contribution is -2.16. The number of halogens is 7. The maximum Gasteiger partial charge on any atom is 0.451 e. The summed E-state index contributed by atoms with van der Waals surface area (Å²) >= 11 is 6.38. The van der Waals surface area contributed by atoms with Gasteiger partial charge in [-0.2, -0.15) is 26.3 Å². The maximum absolute atomic E-state index is 12.7. The van der Waals surface area contributed by atoms with Gasteiger partial charge in [-0.25, -0.2) is 0 Å². The fraction of sp³-hybridized carbons (Fsp3) is 0.308. The van der Waals surface area contributed by atoms with Crippen molar-refractivity contribution in [3.63, 3.8) is 0 Å². The van der Waals surface area contributed by atoms with E-state index in [1.54, 1.807) is 0 Å². The van der Waals surface area contributed by atoms with Crippen LogP contribution in [-0.4, -0.2) is 26.4 Å². The molecule has 1 heterocycles. The molecule has 0 radical (unpaired) electrons. The van der Waals surface area contributed by atoms with Crippen LogP contribution >= 0.6 is 23.4 Å². The molecule has 1 N–H and O–H groups in total. The molecule has 0 unspecified atom stereocenters. The van der Waals surface area contributed by atoms with Crippen molar-refractivity contribution in [2.45, 2.75) is 17.5 Å².